The van der Waals surface area contributed by atoms with Gasteiger partial charge in [0, 0.05) is 35.1 Å². The van der Waals surface area contributed by atoms with Crippen LogP contribution in [-0.4, -0.2) is 31.5 Å². The van der Waals surface area contributed by atoms with Gasteiger partial charge in [-0.2, -0.15) is 5.10 Å². The molecule has 0 radical (unpaired) electrons. The van der Waals surface area contributed by atoms with Crippen molar-refractivity contribution in [3.63, 3.8) is 0 Å². The first-order valence-corrected chi connectivity index (χ1v) is 10.5. The van der Waals surface area contributed by atoms with Gasteiger partial charge in [0.15, 0.2) is 0 Å². The molecule has 0 aliphatic carbocycles. The van der Waals surface area contributed by atoms with E-state index >= 15 is 0 Å². The molecule has 158 valence electrons. The molecule has 1 N–H and O–H groups in total. The van der Waals surface area contributed by atoms with E-state index < -0.39 is 0 Å². The zero-order valence-electron chi connectivity index (χ0n) is 17.4. The Morgan fingerprint density at radius 1 is 0.844 bits per heavy atom. The lowest BCUT2D eigenvalue weighted by molar-refractivity contribution is 0.269. The summed E-state index contributed by atoms with van der Waals surface area (Å²) < 4.78 is 7.73. The molecular formula is C26H22N4O2. The molecule has 0 aliphatic heterocycles. The summed E-state index contributed by atoms with van der Waals surface area (Å²) in [6, 6.07) is 23.9. The Balaban J connectivity index is 1.36. The zero-order chi connectivity index (χ0) is 21.8. The monoisotopic (exact) mass is 422 g/mol. The van der Waals surface area contributed by atoms with Crippen molar-refractivity contribution in [3.05, 3.63) is 97.1 Å². The molecule has 3 aromatic heterocycles. The number of benzene rings is 2. The second-order valence-electron chi connectivity index (χ2n) is 7.42. The van der Waals surface area contributed by atoms with Crippen LogP contribution in [0.4, 0.5) is 0 Å². The molecule has 32 heavy (non-hydrogen) atoms. The Labute approximate surface area is 185 Å². The van der Waals surface area contributed by atoms with Gasteiger partial charge in [0.2, 0.25) is 0 Å². The normalized spacial score (nSPS) is 11.0. The quantitative estimate of drug-likeness (QED) is 0.410. The average molecular weight is 422 g/mol. The SMILES string of the molecule is OCCn1cc(-c2ccncc2)c(-c2ccc(OCc3ccc4ccccc4n3)cc2)n1. The minimum absolute atomic E-state index is 0.0342. The number of aliphatic hydroxyl groups excluding tert-OH is 1. The van der Waals surface area contributed by atoms with Crippen LogP contribution >= 0.6 is 0 Å². The predicted octanol–water partition coefficient (Wildman–Crippen LogP) is 4.73. The second kappa shape index (κ2) is 8.99. The number of ether oxygens (including phenoxy) is 1. The number of para-hydroxylation sites is 1. The van der Waals surface area contributed by atoms with Crippen LogP contribution < -0.4 is 4.74 Å². The van der Waals surface area contributed by atoms with E-state index in [1.54, 1.807) is 17.1 Å². The largest absolute Gasteiger partial charge is 0.487 e. The summed E-state index contributed by atoms with van der Waals surface area (Å²) in [6.45, 7) is 0.877. The highest BCUT2D eigenvalue weighted by Crippen LogP contribution is 2.31. The van der Waals surface area contributed by atoms with Gasteiger partial charge in [0.05, 0.1) is 24.4 Å². The second-order valence-corrected chi connectivity index (χ2v) is 7.42. The molecule has 0 bridgehead atoms. The van der Waals surface area contributed by atoms with Crippen molar-refractivity contribution in [2.75, 3.05) is 6.61 Å². The number of hydrogen-bond donors (Lipinski definition) is 1. The Morgan fingerprint density at radius 3 is 2.47 bits per heavy atom. The van der Waals surface area contributed by atoms with Gasteiger partial charge in [-0.3, -0.25) is 9.67 Å². The van der Waals surface area contributed by atoms with Crippen LogP contribution in [0.15, 0.2) is 91.4 Å². The number of pyridine rings is 2. The number of hydrogen-bond acceptors (Lipinski definition) is 5. The zero-order valence-corrected chi connectivity index (χ0v) is 17.4. The maximum Gasteiger partial charge on any atom is 0.130 e. The third-order valence-corrected chi connectivity index (χ3v) is 5.25. The molecule has 0 aliphatic rings. The van der Waals surface area contributed by atoms with Gasteiger partial charge >= 0.3 is 0 Å². The van der Waals surface area contributed by atoms with E-state index in [-0.39, 0.29) is 6.61 Å². The van der Waals surface area contributed by atoms with E-state index in [0.29, 0.717) is 13.2 Å². The molecule has 0 spiro atoms. The van der Waals surface area contributed by atoms with Crippen LogP contribution in [0.2, 0.25) is 0 Å². The van der Waals surface area contributed by atoms with Crippen molar-refractivity contribution in [1.82, 2.24) is 19.7 Å². The Morgan fingerprint density at radius 2 is 1.66 bits per heavy atom. The molecule has 0 amide bonds. The van der Waals surface area contributed by atoms with Crippen molar-refractivity contribution >= 4 is 10.9 Å². The fourth-order valence-electron chi connectivity index (χ4n) is 3.65. The lowest BCUT2D eigenvalue weighted by Crippen LogP contribution is -2.02. The molecule has 5 rings (SSSR count). The van der Waals surface area contributed by atoms with Crippen LogP contribution in [0.3, 0.4) is 0 Å². The maximum atomic E-state index is 9.32. The van der Waals surface area contributed by atoms with Gasteiger partial charge < -0.3 is 9.84 Å². The lowest BCUT2D eigenvalue weighted by Gasteiger charge is -2.08. The Kier molecular flexibility index (Phi) is 5.59. The summed E-state index contributed by atoms with van der Waals surface area (Å²) in [6.07, 6.45) is 5.48. The maximum absolute atomic E-state index is 9.32. The highest BCUT2D eigenvalue weighted by atomic mass is 16.5. The summed E-state index contributed by atoms with van der Waals surface area (Å²) in [7, 11) is 0. The van der Waals surface area contributed by atoms with Crippen LogP contribution in [0.25, 0.3) is 33.3 Å². The first-order valence-electron chi connectivity index (χ1n) is 10.5. The van der Waals surface area contributed by atoms with Crippen LogP contribution in [0.1, 0.15) is 5.69 Å². The van der Waals surface area contributed by atoms with E-state index in [9.17, 15) is 5.11 Å². The number of rotatable bonds is 7. The van der Waals surface area contributed by atoms with Gasteiger partial charge in [-0.15, -0.1) is 0 Å². The third-order valence-electron chi connectivity index (χ3n) is 5.25. The minimum atomic E-state index is 0.0342. The molecule has 2 aromatic carbocycles. The Bertz CT molecular complexity index is 1330. The van der Waals surface area contributed by atoms with Crippen molar-refractivity contribution in [2.24, 2.45) is 0 Å². The van der Waals surface area contributed by atoms with Crippen LogP contribution in [0.5, 0.6) is 5.75 Å². The number of nitrogens with zero attached hydrogens (tertiary/aromatic N) is 4. The molecule has 3 heterocycles. The highest BCUT2D eigenvalue weighted by Gasteiger charge is 2.13. The lowest BCUT2D eigenvalue weighted by atomic mass is 10.0. The molecule has 0 saturated heterocycles. The van der Waals surface area contributed by atoms with E-state index in [4.69, 9.17) is 4.74 Å². The molecular weight excluding hydrogens is 400 g/mol. The van der Waals surface area contributed by atoms with Gasteiger partial charge in [-0.25, -0.2) is 4.98 Å². The summed E-state index contributed by atoms with van der Waals surface area (Å²) in [5, 5.41) is 15.1. The molecule has 5 aromatic rings. The summed E-state index contributed by atoms with van der Waals surface area (Å²) in [4.78, 5) is 8.76. The van der Waals surface area contributed by atoms with E-state index in [2.05, 4.69) is 21.1 Å². The Hall–Kier alpha value is -4.03. The third kappa shape index (κ3) is 4.22. The summed E-state index contributed by atoms with van der Waals surface area (Å²) in [5.74, 6) is 0.768. The molecule has 0 atom stereocenters. The fourth-order valence-corrected chi connectivity index (χ4v) is 3.65. The van der Waals surface area contributed by atoms with E-state index in [1.165, 1.54) is 0 Å². The minimum Gasteiger partial charge on any atom is -0.487 e. The van der Waals surface area contributed by atoms with Crippen molar-refractivity contribution < 1.29 is 9.84 Å². The van der Waals surface area contributed by atoms with Crippen molar-refractivity contribution in [2.45, 2.75) is 13.2 Å². The molecule has 6 nitrogen and oxygen atoms in total. The van der Waals surface area contributed by atoms with Gasteiger partial charge in [-0.1, -0.05) is 24.3 Å². The number of aromatic nitrogens is 4. The topological polar surface area (TPSA) is 73.1 Å². The average Bonchev–Trinajstić information content (AvgIpc) is 3.28. The molecule has 0 fully saturated rings. The standard InChI is InChI=1S/C26H22N4O2/c31-16-15-30-17-24(19-11-13-27-14-12-19)26(29-30)21-6-9-23(10-7-21)32-18-22-8-5-20-3-1-2-4-25(20)28-22/h1-14,17,31H,15-16,18H2. The number of fused-ring (bicyclic) bond motifs is 1. The summed E-state index contributed by atoms with van der Waals surface area (Å²) >= 11 is 0. The molecule has 0 unspecified atom stereocenters. The van der Waals surface area contributed by atoms with Crippen LogP contribution in [0, 0.1) is 0 Å². The predicted molar refractivity (Wildman–Crippen MR) is 124 cm³/mol. The van der Waals surface area contributed by atoms with Crippen molar-refractivity contribution in [1.29, 1.82) is 0 Å². The number of aliphatic hydroxyl groups is 1. The van der Waals surface area contributed by atoms with Gasteiger partial charge in [0.25, 0.3) is 0 Å². The van der Waals surface area contributed by atoms with E-state index in [0.717, 1.165) is 44.7 Å². The molecule has 0 saturated carbocycles. The fraction of sp³-hybridized carbons (Fsp3) is 0.115. The van der Waals surface area contributed by atoms with E-state index in [1.807, 2.05) is 72.9 Å². The first kappa shape index (κ1) is 19.9. The molecule has 6 heteroatoms. The van der Waals surface area contributed by atoms with Gasteiger partial charge in [0.1, 0.15) is 18.1 Å². The summed E-state index contributed by atoms with van der Waals surface area (Å²) in [5.41, 5.74) is 5.70. The smallest absolute Gasteiger partial charge is 0.130 e. The first-order chi connectivity index (χ1) is 15.8. The van der Waals surface area contributed by atoms with Crippen molar-refractivity contribution in [3.8, 4) is 28.1 Å². The van der Waals surface area contributed by atoms with Gasteiger partial charge in [-0.05, 0) is 54.1 Å². The highest BCUT2D eigenvalue weighted by molar-refractivity contribution is 5.80. The van der Waals surface area contributed by atoms with Crippen LogP contribution in [-0.2, 0) is 13.2 Å².